The molecule has 0 radical (unpaired) electrons. The minimum atomic E-state index is -1.02. The second-order valence-electron chi connectivity index (χ2n) is 7.24. The molecular formula is C20H27NO5. The summed E-state index contributed by atoms with van der Waals surface area (Å²) in [7, 11) is 0. The summed E-state index contributed by atoms with van der Waals surface area (Å²) >= 11 is 0. The van der Waals surface area contributed by atoms with E-state index in [1.807, 2.05) is 24.3 Å². The maximum atomic E-state index is 12.5. The molecule has 2 fully saturated rings. The Bertz CT molecular complexity index is 641. The van der Waals surface area contributed by atoms with E-state index in [-0.39, 0.29) is 18.6 Å². The van der Waals surface area contributed by atoms with Crippen molar-refractivity contribution < 1.29 is 24.2 Å². The smallest absolute Gasteiger partial charge is 0.334 e. The summed E-state index contributed by atoms with van der Waals surface area (Å²) in [4.78, 5) is 25.2. The fourth-order valence-electron chi connectivity index (χ4n) is 3.67. The number of ether oxygens (including phenoxy) is 2. The molecule has 0 aromatic heterocycles. The molecule has 1 unspecified atom stereocenters. The van der Waals surface area contributed by atoms with Crippen molar-refractivity contribution in [3.05, 3.63) is 29.8 Å². The van der Waals surface area contributed by atoms with E-state index in [0.29, 0.717) is 25.5 Å². The van der Waals surface area contributed by atoms with Gasteiger partial charge in [0.05, 0.1) is 18.8 Å². The van der Waals surface area contributed by atoms with Crippen molar-refractivity contribution >= 4 is 11.9 Å². The van der Waals surface area contributed by atoms with Crippen LogP contribution in [-0.2, 0) is 20.7 Å². The summed E-state index contributed by atoms with van der Waals surface area (Å²) in [5.41, 5.74) is 1.06. The van der Waals surface area contributed by atoms with E-state index in [0.717, 1.165) is 24.2 Å². The number of aliphatic carboxylic acids is 1. The van der Waals surface area contributed by atoms with Crippen molar-refractivity contribution in [3.63, 3.8) is 0 Å². The highest BCUT2D eigenvalue weighted by Crippen LogP contribution is 2.25. The SMILES string of the molecule is C[C@@H]1CN(C(=O)CCc2cccc(OC3CCCC3)c2)CC(C(=O)O)O1. The molecule has 2 aliphatic rings. The predicted octanol–water partition coefficient (Wildman–Crippen LogP) is 2.64. The van der Waals surface area contributed by atoms with E-state index < -0.39 is 12.1 Å². The third-order valence-electron chi connectivity index (χ3n) is 5.02. The number of morpholine rings is 1. The number of hydrogen-bond acceptors (Lipinski definition) is 4. The number of carboxylic acids is 1. The molecule has 1 aliphatic heterocycles. The molecule has 142 valence electrons. The predicted molar refractivity (Wildman–Crippen MR) is 96.2 cm³/mol. The topological polar surface area (TPSA) is 76.1 Å². The van der Waals surface area contributed by atoms with Crippen LogP contribution in [-0.4, -0.2) is 53.3 Å². The molecule has 1 aromatic rings. The van der Waals surface area contributed by atoms with E-state index in [1.54, 1.807) is 11.8 Å². The number of benzene rings is 1. The first-order chi connectivity index (χ1) is 12.5. The van der Waals surface area contributed by atoms with Crippen LogP contribution in [0.5, 0.6) is 5.75 Å². The number of nitrogens with zero attached hydrogens (tertiary/aromatic N) is 1. The van der Waals surface area contributed by atoms with Gasteiger partial charge >= 0.3 is 5.97 Å². The minimum absolute atomic E-state index is 0.0338. The van der Waals surface area contributed by atoms with Gasteiger partial charge in [0.2, 0.25) is 5.91 Å². The molecule has 1 aliphatic carbocycles. The van der Waals surface area contributed by atoms with Crippen LogP contribution in [0.3, 0.4) is 0 Å². The molecule has 1 amide bonds. The summed E-state index contributed by atoms with van der Waals surface area (Å²) in [5, 5.41) is 9.13. The van der Waals surface area contributed by atoms with E-state index in [1.165, 1.54) is 12.8 Å². The molecule has 6 nitrogen and oxygen atoms in total. The Kier molecular flexibility index (Phi) is 6.14. The summed E-state index contributed by atoms with van der Waals surface area (Å²) in [5.74, 6) is -0.188. The Morgan fingerprint density at radius 2 is 2.04 bits per heavy atom. The minimum Gasteiger partial charge on any atom is -0.490 e. The summed E-state index contributed by atoms with van der Waals surface area (Å²) in [6.07, 6.45) is 4.77. The molecule has 1 saturated carbocycles. The fourth-order valence-corrected chi connectivity index (χ4v) is 3.67. The van der Waals surface area contributed by atoms with Gasteiger partial charge in [0.25, 0.3) is 0 Å². The molecule has 1 saturated heterocycles. The van der Waals surface area contributed by atoms with Crippen LogP contribution in [0.25, 0.3) is 0 Å². The normalized spacial score (nSPS) is 23.8. The van der Waals surface area contributed by atoms with Crippen molar-refractivity contribution in [2.75, 3.05) is 13.1 Å². The Morgan fingerprint density at radius 1 is 1.27 bits per heavy atom. The average Bonchev–Trinajstić information content (AvgIpc) is 3.12. The largest absolute Gasteiger partial charge is 0.490 e. The quantitative estimate of drug-likeness (QED) is 0.843. The van der Waals surface area contributed by atoms with Crippen LogP contribution in [0.15, 0.2) is 24.3 Å². The Labute approximate surface area is 154 Å². The first-order valence-corrected chi connectivity index (χ1v) is 9.43. The number of carbonyl (C=O) groups excluding carboxylic acids is 1. The Morgan fingerprint density at radius 3 is 2.77 bits per heavy atom. The van der Waals surface area contributed by atoms with Crippen LogP contribution in [0, 0.1) is 0 Å². The first-order valence-electron chi connectivity index (χ1n) is 9.43. The highest BCUT2D eigenvalue weighted by molar-refractivity contribution is 5.79. The van der Waals surface area contributed by atoms with Crippen LogP contribution >= 0.6 is 0 Å². The zero-order chi connectivity index (χ0) is 18.5. The summed E-state index contributed by atoms with van der Waals surface area (Å²) in [6.45, 7) is 2.34. The third-order valence-corrected chi connectivity index (χ3v) is 5.02. The van der Waals surface area contributed by atoms with Gasteiger partial charge in [-0.1, -0.05) is 12.1 Å². The molecule has 1 heterocycles. The number of hydrogen-bond donors (Lipinski definition) is 1. The second kappa shape index (κ2) is 8.54. The van der Waals surface area contributed by atoms with Gasteiger partial charge in [-0.15, -0.1) is 0 Å². The van der Waals surface area contributed by atoms with Crippen LogP contribution in [0.2, 0.25) is 0 Å². The number of amides is 1. The molecule has 3 rings (SSSR count). The third kappa shape index (κ3) is 4.97. The van der Waals surface area contributed by atoms with E-state index in [9.17, 15) is 9.59 Å². The van der Waals surface area contributed by atoms with Crippen molar-refractivity contribution in [2.24, 2.45) is 0 Å². The van der Waals surface area contributed by atoms with Crippen LogP contribution < -0.4 is 4.74 Å². The number of carbonyl (C=O) groups is 2. The zero-order valence-electron chi connectivity index (χ0n) is 15.2. The maximum absolute atomic E-state index is 12.5. The summed E-state index contributed by atoms with van der Waals surface area (Å²) < 4.78 is 11.4. The van der Waals surface area contributed by atoms with Gasteiger partial charge in [0.1, 0.15) is 5.75 Å². The highest BCUT2D eigenvalue weighted by Gasteiger charge is 2.32. The lowest BCUT2D eigenvalue weighted by molar-refractivity contribution is -0.166. The number of aryl methyl sites for hydroxylation is 1. The number of rotatable bonds is 6. The van der Waals surface area contributed by atoms with Crippen molar-refractivity contribution in [1.82, 2.24) is 4.90 Å². The van der Waals surface area contributed by atoms with Crippen molar-refractivity contribution in [3.8, 4) is 5.75 Å². The molecule has 6 heteroatoms. The summed E-state index contributed by atoms with van der Waals surface area (Å²) in [6, 6.07) is 7.93. The van der Waals surface area contributed by atoms with Gasteiger partial charge in [-0.05, 0) is 56.7 Å². The standard InChI is InChI=1S/C20H27NO5/c1-14-12-21(13-18(25-14)20(23)24)19(22)10-9-15-5-4-8-17(11-15)26-16-6-2-3-7-16/h4-5,8,11,14,16,18H,2-3,6-7,9-10,12-13H2,1H3,(H,23,24)/t14-,18?/m1/s1. The van der Waals surface area contributed by atoms with Gasteiger partial charge in [-0.2, -0.15) is 0 Å². The van der Waals surface area contributed by atoms with E-state index >= 15 is 0 Å². The molecule has 2 atom stereocenters. The molecular weight excluding hydrogens is 334 g/mol. The molecule has 0 bridgehead atoms. The number of carboxylic acid groups (broad SMARTS) is 1. The van der Waals surface area contributed by atoms with Crippen molar-refractivity contribution in [1.29, 1.82) is 0 Å². The highest BCUT2D eigenvalue weighted by atomic mass is 16.5. The Hall–Kier alpha value is -2.08. The van der Waals surface area contributed by atoms with Gasteiger partial charge in [-0.3, -0.25) is 4.79 Å². The van der Waals surface area contributed by atoms with Gasteiger partial charge in [0.15, 0.2) is 6.10 Å². The average molecular weight is 361 g/mol. The molecule has 1 aromatic carbocycles. The second-order valence-corrected chi connectivity index (χ2v) is 7.24. The van der Waals surface area contributed by atoms with E-state index in [2.05, 4.69) is 0 Å². The van der Waals surface area contributed by atoms with Gasteiger partial charge in [-0.25, -0.2) is 4.79 Å². The van der Waals surface area contributed by atoms with Crippen molar-refractivity contribution in [2.45, 2.75) is 63.8 Å². The Balaban J connectivity index is 1.53. The monoisotopic (exact) mass is 361 g/mol. The van der Waals surface area contributed by atoms with Crippen LogP contribution in [0.1, 0.15) is 44.6 Å². The fraction of sp³-hybridized carbons (Fsp3) is 0.600. The molecule has 1 N–H and O–H groups in total. The first kappa shape index (κ1) is 18.7. The maximum Gasteiger partial charge on any atom is 0.334 e. The van der Waals surface area contributed by atoms with Crippen LogP contribution in [0.4, 0.5) is 0 Å². The lowest BCUT2D eigenvalue weighted by Gasteiger charge is -2.35. The lowest BCUT2D eigenvalue weighted by Crippen LogP contribution is -2.51. The van der Waals surface area contributed by atoms with Gasteiger partial charge < -0.3 is 19.5 Å². The lowest BCUT2D eigenvalue weighted by atomic mass is 10.1. The molecule has 0 spiro atoms. The zero-order valence-corrected chi connectivity index (χ0v) is 15.2. The molecule has 26 heavy (non-hydrogen) atoms. The van der Waals surface area contributed by atoms with E-state index in [4.69, 9.17) is 14.6 Å². The van der Waals surface area contributed by atoms with Gasteiger partial charge in [0, 0.05) is 13.0 Å².